The van der Waals surface area contributed by atoms with Gasteiger partial charge in [-0.15, -0.1) is 0 Å². The molecule has 0 spiro atoms. The monoisotopic (exact) mass is 417 g/mol. The van der Waals surface area contributed by atoms with Crippen LogP contribution in [-0.2, 0) is 0 Å². The molecular formula is C21H24BrNO3. The maximum absolute atomic E-state index is 12.2. The quantitative estimate of drug-likeness (QED) is 0.436. The number of carbonyl (C=O) groups excluding carboxylic acids is 2. The van der Waals surface area contributed by atoms with Gasteiger partial charge >= 0.3 is 0 Å². The average molecular weight is 418 g/mol. The van der Waals surface area contributed by atoms with Crippen LogP contribution >= 0.6 is 15.9 Å². The number of carbonyl (C=O) groups is 2. The van der Waals surface area contributed by atoms with Crippen LogP contribution < -0.4 is 10.1 Å². The Labute approximate surface area is 163 Å². The highest BCUT2D eigenvalue weighted by molar-refractivity contribution is 9.10. The van der Waals surface area contributed by atoms with Gasteiger partial charge in [-0.1, -0.05) is 54.2 Å². The summed E-state index contributed by atoms with van der Waals surface area (Å²) in [6.07, 6.45) is 4.63. The van der Waals surface area contributed by atoms with Crippen LogP contribution in [0.15, 0.2) is 53.0 Å². The molecule has 0 saturated carbocycles. The van der Waals surface area contributed by atoms with Crippen molar-refractivity contribution in [1.82, 2.24) is 5.32 Å². The van der Waals surface area contributed by atoms with Crippen molar-refractivity contribution in [3.63, 3.8) is 0 Å². The van der Waals surface area contributed by atoms with E-state index in [2.05, 4.69) is 28.2 Å². The summed E-state index contributed by atoms with van der Waals surface area (Å²) in [5, 5.41) is 2.66. The molecule has 0 heterocycles. The fourth-order valence-corrected chi connectivity index (χ4v) is 2.69. The number of hydrogen-bond acceptors (Lipinski definition) is 3. The minimum absolute atomic E-state index is 0.0316. The first-order valence-corrected chi connectivity index (χ1v) is 9.69. The molecule has 26 heavy (non-hydrogen) atoms. The summed E-state index contributed by atoms with van der Waals surface area (Å²) < 4.78 is 6.57. The van der Waals surface area contributed by atoms with Crippen LogP contribution in [0.5, 0.6) is 5.75 Å². The van der Waals surface area contributed by atoms with Crippen molar-refractivity contribution in [2.75, 3.05) is 13.2 Å². The fourth-order valence-electron chi connectivity index (χ4n) is 2.42. The van der Waals surface area contributed by atoms with E-state index in [4.69, 9.17) is 4.74 Å². The summed E-state index contributed by atoms with van der Waals surface area (Å²) in [4.78, 5) is 24.3. The number of ether oxygens (including phenoxy) is 1. The number of halogens is 1. The fraction of sp³-hybridized carbons (Fsp3) is 0.333. The largest absolute Gasteiger partial charge is 0.494 e. The van der Waals surface area contributed by atoms with E-state index in [1.807, 2.05) is 0 Å². The number of hydrogen-bond donors (Lipinski definition) is 1. The van der Waals surface area contributed by atoms with Crippen LogP contribution in [0.25, 0.3) is 0 Å². The molecule has 1 N–H and O–H groups in total. The third-order valence-electron chi connectivity index (χ3n) is 3.96. The van der Waals surface area contributed by atoms with Crippen molar-refractivity contribution in [3.8, 4) is 5.75 Å². The van der Waals surface area contributed by atoms with E-state index in [1.165, 1.54) is 19.3 Å². The van der Waals surface area contributed by atoms with E-state index in [9.17, 15) is 9.59 Å². The Bertz CT molecular complexity index is 711. The second-order valence-corrected chi connectivity index (χ2v) is 6.96. The number of nitrogens with one attached hydrogen (secondary N) is 1. The van der Waals surface area contributed by atoms with Crippen LogP contribution in [0.1, 0.15) is 53.3 Å². The maximum Gasteiger partial charge on any atom is 0.251 e. The molecule has 2 aromatic carbocycles. The van der Waals surface area contributed by atoms with Gasteiger partial charge in [0.2, 0.25) is 0 Å². The molecule has 0 aliphatic rings. The molecule has 0 aliphatic carbocycles. The molecule has 0 unspecified atom stereocenters. The van der Waals surface area contributed by atoms with Crippen LogP contribution in [-0.4, -0.2) is 24.8 Å². The Morgan fingerprint density at radius 3 is 2.23 bits per heavy atom. The third kappa shape index (κ3) is 6.64. The van der Waals surface area contributed by atoms with E-state index in [1.54, 1.807) is 48.5 Å². The van der Waals surface area contributed by atoms with Gasteiger partial charge in [0.25, 0.3) is 5.91 Å². The van der Waals surface area contributed by atoms with Crippen molar-refractivity contribution in [2.45, 2.75) is 32.6 Å². The zero-order valence-electron chi connectivity index (χ0n) is 15.0. The molecular weight excluding hydrogens is 394 g/mol. The Morgan fingerprint density at radius 1 is 0.923 bits per heavy atom. The van der Waals surface area contributed by atoms with E-state index in [0.717, 1.165) is 16.6 Å². The zero-order valence-corrected chi connectivity index (χ0v) is 16.6. The lowest BCUT2D eigenvalue weighted by Crippen LogP contribution is -2.29. The van der Waals surface area contributed by atoms with Gasteiger partial charge in [0.1, 0.15) is 5.75 Å². The topological polar surface area (TPSA) is 55.4 Å². The maximum atomic E-state index is 12.2. The summed E-state index contributed by atoms with van der Waals surface area (Å²) in [6, 6.07) is 14.0. The normalized spacial score (nSPS) is 10.4. The van der Waals surface area contributed by atoms with Gasteiger partial charge in [0, 0.05) is 15.6 Å². The Kier molecular flexibility index (Phi) is 8.35. The SMILES string of the molecule is CCCCCCOc1ccc(C(=O)NCC(=O)c2ccc(Br)cc2)cc1. The summed E-state index contributed by atoms with van der Waals surface area (Å²) in [5.41, 5.74) is 1.08. The minimum Gasteiger partial charge on any atom is -0.494 e. The molecule has 0 radical (unpaired) electrons. The van der Waals surface area contributed by atoms with E-state index < -0.39 is 0 Å². The highest BCUT2D eigenvalue weighted by Crippen LogP contribution is 2.14. The Hall–Kier alpha value is -2.14. The first-order chi connectivity index (χ1) is 12.6. The van der Waals surface area contributed by atoms with Crippen LogP contribution in [0.2, 0.25) is 0 Å². The molecule has 2 aromatic rings. The van der Waals surface area contributed by atoms with Crippen LogP contribution in [0.3, 0.4) is 0 Å². The van der Waals surface area contributed by atoms with Gasteiger partial charge in [-0.25, -0.2) is 0 Å². The Balaban J connectivity index is 1.78. The standard InChI is InChI=1S/C21H24BrNO3/c1-2-3-4-5-14-26-19-12-8-17(9-13-19)21(25)23-15-20(24)16-6-10-18(22)11-7-16/h6-13H,2-5,14-15H2,1H3,(H,23,25). The Morgan fingerprint density at radius 2 is 1.58 bits per heavy atom. The van der Waals surface area contributed by atoms with Crippen molar-refractivity contribution in [3.05, 3.63) is 64.1 Å². The van der Waals surface area contributed by atoms with Gasteiger partial charge < -0.3 is 10.1 Å². The van der Waals surface area contributed by atoms with E-state index in [-0.39, 0.29) is 18.2 Å². The van der Waals surface area contributed by atoms with Crippen LogP contribution in [0, 0.1) is 0 Å². The van der Waals surface area contributed by atoms with Gasteiger partial charge in [0.05, 0.1) is 13.2 Å². The molecule has 0 fully saturated rings. The minimum atomic E-state index is -0.273. The predicted molar refractivity (Wildman–Crippen MR) is 107 cm³/mol. The molecule has 0 saturated heterocycles. The zero-order chi connectivity index (χ0) is 18.8. The summed E-state index contributed by atoms with van der Waals surface area (Å²) >= 11 is 3.33. The van der Waals surface area contributed by atoms with Gasteiger partial charge in [0.15, 0.2) is 5.78 Å². The molecule has 4 nitrogen and oxygen atoms in total. The van der Waals surface area contributed by atoms with Gasteiger partial charge in [-0.3, -0.25) is 9.59 Å². The summed E-state index contributed by atoms with van der Waals surface area (Å²) in [5.74, 6) is 0.354. The number of rotatable bonds is 10. The molecule has 0 bridgehead atoms. The number of unbranched alkanes of at least 4 members (excludes halogenated alkanes) is 3. The molecule has 2 rings (SSSR count). The van der Waals surface area contributed by atoms with Gasteiger partial charge in [-0.2, -0.15) is 0 Å². The number of Topliss-reactive ketones (excluding diaryl/α,β-unsaturated/α-hetero) is 1. The first kappa shape index (κ1) is 20.2. The van der Waals surface area contributed by atoms with Crippen molar-refractivity contribution < 1.29 is 14.3 Å². The molecule has 0 aromatic heterocycles. The summed E-state index contributed by atoms with van der Waals surface area (Å²) in [7, 11) is 0. The number of ketones is 1. The molecule has 138 valence electrons. The second-order valence-electron chi connectivity index (χ2n) is 6.05. The van der Waals surface area contributed by atoms with Crippen LogP contribution in [0.4, 0.5) is 0 Å². The predicted octanol–water partition coefficient (Wildman–Crippen LogP) is 5.02. The average Bonchev–Trinajstić information content (AvgIpc) is 2.66. The highest BCUT2D eigenvalue weighted by Gasteiger charge is 2.10. The first-order valence-electron chi connectivity index (χ1n) is 8.90. The second kappa shape index (κ2) is 10.8. The van der Waals surface area contributed by atoms with Crippen molar-refractivity contribution in [1.29, 1.82) is 0 Å². The van der Waals surface area contributed by atoms with E-state index in [0.29, 0.717) is 17.7 Å². The lowest BCUT2D eigenvalue weighted by Gasteiger charge is -2.08. The molecule has 1 amide bonds. The smallest absolute Gasteiger partial charge is 0.251 e. The van der Waals surface area contributed by atoms with Crippen molar-refractivity contribution in [2.24, 2.45) is 0 Å². The third-order valence-corrected chi connectivity index (χ3v) is 4.49. The molecule has 5 heteroatoms. The molecule has 0 aliphatic heterocycles. The highest BCUT2D eigenvalue weighted by atomic mass is 79.9. The number of benzene rings is 2. The lowest BCUT2D eigenvalue weighted by molar-refractivity contribution is 0.0904. The van der Waals surface area contributed by atoms with Crippen molar-refractivity contribution >= 4 is 27.6 Å². The van der Waals surface area contributed by atoms with Gasteiger partial charge in [-0.05, 0) is 42.8 Å². The number of amides is 1. The molecule has 0 atom stereocenters. The van der Waals surface area contributed by atoms with E-state index >= 15 is 0 Å². The lowest BCUT2D eigenvalue weighted by atomic mass is 10.1. The summed E-state index contributed by atoms with van der Waals surface area (Å²) in [6.45, 7) is 2.83.